The summed E-state index contributed by atoms with van der Waals surface area (Å²) in [5.41, 5.74) is 1.17. The molecule has 1 unspecified atom stereocenters. The second kappa shape index (κ2) is 6.68. The lowest BCUT2D eigenvalue weighted by atomic mass is 10.2. The van der Waals surface area contributed by atoms with E-state index >= 15 is 0 Å². The summed E-state index contributed by atoms with van der Waals surface area (Å²) < 4.78 is 5.40. The molecule has 0 radical (unpaired) electrons. The molecule has 1 aromatic heterocycles. The number of nitrogens with one attached hydrogen (secondary N) is 1. The van der Waals surface area contributed by atoms with Crippen molar-refractivity contribution in [1.82, 2.24) is 10.3 Å². The van der Waals surface area contributed by atoms with Crippen molar-refractivity contribution in [2.75, 3.05) is 37.8 Å². The molecule has 1 aliphatic heterocycles. The molecule has 1 fully saturated rings. The highest BCUT2D eigenvalue weighted by molar-refractivity contribution is 5.48. The van der Waals surface area contributed by atoms with Crippen LogP contribution in [0.3, 0.4) is 0 Å². The Hall–Kier alpha value is -1.17. The Balaban J connectivity index is 2.19. The molecule has 5 heteroatoms. The largest absolute Gasteiger partial charge is 0.394 e. The lowest BCUT2D eigenvalue weighted by Gasteiger charge is -2.36. The van der Waals surface area contributed by atoms with Crippen molar-refractivity contribution in [3.8, 4) is 0 Å². The van der Waals surface area contributed by atoms with Crippen molar-refractivity contribution in [2.45, 2.75) is 19.5 Å². The number of rotatable bonds is 5. The number of aliphatic hydroxyl groups is 1. The van der Waals surface area contributed by atoms with Crippen molar-refractivity contribution in [2.24, 2.45) is 0 Å². The van der Waals surface area contributed by atoms with E-state index in [0.29, 0.717) is 13.2 Å². The molecule has 0 saturated carbocycles. The Kier molecular flexibility index (Phi) is 4.92. The minimum absolute atomic E-state index is 0.00836. The van der Waals surface area contributed by atoms with Gasteiger partial charge in [0.2, 0.25) is 0 Å². The molecule has 0 amide bonds. The van der Waals surface area contributed by atoms with Gasteiger partial charge in [-0.1, -0.05) is 13.0 Å². The Labute approximate surface area is 108 Å². The standard InChI is InChI=1S/C13H21N3O2/c1-2-14-8-11-4-3-5-15-13(11)16-6-7-18-10-12(16)9-17/h3-5,12,14,17H,2,6-10H2,1H3. The SMILES string of the molecule is CCNCc1cccnc1N1CCOCC1CO. The second-order valence-corrected chi connectivity index (χ2v) is 4.37. The number of ether oxygens (including phenoxy) is 1. The average Bonchev–Trinajstić information content (AvgIpc) is 2.45. The van der Waals surface area contributed by atoms with Crippen molar-refractivity contribution in [3.63, 3.8) is 0 Å². The molecular weight excluding hydrogens is 230 g/mol. The highest BCUT2D eigenvalue weighted by Gasteiger charge is 2.24. The van der Waals surface area contributed by atoms with Crippen LogP contribution in [-0.4, -0.2) is 49.0 Å². The maximum absolute atomic E-state index is 9.42. The van der Waals surface area contributed by atoms with Gasteiger partial charge in [-0.25, -0.2) is 4.98 Å². The van der Waals surface area contributed by atoms with E-state index in [9.17, 15) is 5.11 Å². The molecule has 18 heavy (non-hydrogen) atoms. The average molecular weight is 251 g/mol. The fraction of sp³-hybridized carbons (Fsp3) is 0.615. The maximum Gasteiger partial charge on any atom is 0.133 e. The van der Waals surface area contributed by atoms with Crippen molar-refractivity contribution in [1.29, 1.82) is 0 Å². The molecule has 1 aliphatic rings. The van der Waals surface area contributed by atoms with Gasteiger partial charge in [-0.15, -0.1) is 0 Å². The Morgan fingerprint density at radius 3 is 3.28 bits per heavy atom. The normalized spacial score (nSPS) is 20.1. The van der Waals surface area contributed by atoms with Gasteiger partial charge in [0.1, 0.15) is 5.82 Å². The lowest BCUT2D eigenvalue weighted by Crippen LogP contribution is -2.48. The van der Waals surface area contributed by atoms with Crippen LogP contribution in [0.1, 0.15) is 12.5 Å². The van der Waals surface area contributed by atoms with Gasteiger partial charge in [0.15, 0.2) is 0 Å². The maximum atomic E-state index is 9.42. The van der Waals surface area contributed by atoms with Gasteiger partial charge in [-0.05, 0) is 12.6 Å². The number of pyridine rings is 1. The van der Waals surface area contributed by atoms with Crippen LogP contribution in [0, 0.1) is 0 Å². The van der Waals surface area contributed by atoms with Crippen LogP contribution in [0.25, 0.3) is 0 Å². The van der Waals surface area contributed by atoms with Crippen molar-refractivity contribution >= 4 is 5.82 Å². The third-order valence-corrected chi connectivity index (χ3v) is 3.14. The number of hydrogen-bond donors (Lipinski definition) is 2. The molecule has 2 heterocycles. The van der Waals surface area contributed by atoms with Crippen LogP contribution in [0.5, 0.6) is 0 Å². The molecule has 2 rings (SSSR count). The van der Waals surface area contributed by atoms with E-state index in [1.807, 2.05) is 6.07 Å². The molecular formula is C13H21N3O2. The summed E-state index contributed by atoms with van der Waals surface area (Å²) in [6.45, 7) is 5.94. The number of hydrogen-bond acceptors (Lipinski definition) is 5. The van der Waals surface area contributed by atoms with Gasteiger partial charge >= 0.3 is 0 Å². The number of morpholine rings is 1. The first-order valence-electron chi connectivity index (χ1n) is 6.46. The van der Waals surface area contributed by atoms with Crippen LogP contribution in [-0.2, 0) is 11.3 Å². The van der Waals surface area contributed by atoms with E-state index in [-0.39, 0.29) is 12.6 Å². The summed E-state index contributed by atoms with van der Waals surface area (Å²) in [5.74, 6) is 0.959. The van der Waals surface area contributed by atoms with Gasteiger partial charge < -0.3 is 20.1 Å². The number of aliphatic hydroxyl groups excluding tert-OH is 1. The van der Waals surface area contributed by atoms with E-state index < -0.39 is 0 Å². The molecule has 1 atom stereocenters. The van der Waals surface area contributed by atoms with E-state index in [2.05, 4.69) is 28.2 Å². The zero-order valence-corrected chi connectivity index (χ0v) is 10.8. The molecule has 0 spiro atoms. The zero-order valence-electron chi connectivity index (χ0n) is 10.8. The molecule has 100 valence electrons. The molecule has 0 aliphatic carbocycles. The van der Waals surface area contributed by atoms with E-state index in [0.717, 1.165) is 25.5 Å². The summed E-state index contributed by atoms with van der Waals surface area (Å²) in [4.78, 5) is 6.62. The summed E-state index contributed by atoms with van der Waals surface area (Å²) in [5, 5.41) is 12.7. The fourth-order valence-corrected chi connectivity index (χ4v) is 2.17. The summed E-state index contributed by atoms with van der Waals surface area (Å²) in [7, 11) is 0. The first-order chi connectivity index (χ1) is 8.86. The van der Waals surface area contributed by atoms with E-state index in [1.165, 1.54) is 5.56 Å². The van der Waals surface area contributed by atoms with Crippen LogP contribution in [0.2, 0.25) is 0 Å². The van der Waals surface area contributed by atoms with E-state index in [1.54, 1.807) is 6.20 Å². The van der Waals surface area contributed by atoms with Crippen molar-refractivity contribution < 1.29 is 9.84 Å². The molecule has 1 aromatic rings. The third kappa shape index (κ3) is 2.98. The highest BCUT2D eigenvalue weighted by Crippen LogP contribution is 2.21. The Morgan fingerprint density at radius 2 is 2.50 bits per heavy atom. The molecule has 1 saturated heterocycles. The Morgan fingerprint density at radius 1 is 1.61 bits per heavy atom. The number of anilines is 1. The summed E-state index contributed by atoms with van der Waals surface area (Å²) in [6.07, 6.45) is 1.80. The predicted octanol–water partition coefficient (Wildman–Crippen LogP) is 0.389. The fourth-order valence-electron chi connectivity index (χ4n) is 2.17. The molecule has 0 aromatic carbocycles. The van der Waals surface area contributed by atoms with Gasteiger partial charge in [-0.2, -0.15) is 0 Å². The van der Waals surface area contributed by atoms with Crippen LogP contribution >= 0.6 is 0 Å². The monoisotopic (exact) mass is 251 g/mol. The van der Waals surface area contributed by atoms with E-state index in [4.69, 9.17) is 4.74 Å². The summed E-state index contributed by atoms with van der Waals surface area (Å²) >= 11 is 0. The minimum Gasteiger partial charge on any atom is -0.394 e. The smallest absolute Gasteiger partial charge is 0.133 e. The number of aromatic nitrogens is 1. The number of nitrogens with zero attached hydrogens (tertiary/aromatic N) is 2. The quantitative estimate of drug-likeness (QED) is 0.793. The first-order valence-corrected chi connectivity index (χ1v) is 6.46. The molecule has 2 N–H and O–H groups in total. The third-order valence-electron chi connectivity index (χ3n) is 3.14. The highest BCUT2D eigenvalue weighted by atomic mass is 16.5. The first kappa shape index (κ1) is 13.3. The van der Waals surface area contributed by atoms with Crippen LogP contribution in [0.15, 0.2) is 18.3 Å². The van der Waals surface area contributed by atoms with Crippen LogP contribution < -0.4 is 10.2 Å². The summed E-state index contributed by atoms with van der Waals surface area (Å²) in [6, 6.07) is 4.04. The van der Waals surface area contributed by atoms with Gasteiger partial charge in [-0.3, -0.25) is 0 Å². The van der Waals surface area contributed by atoms with Gasteiger partial charge in [0.05, 0.1) is 25.9 Å². The predicted molar refractivity (Wildman–Crippen MR) is 70.7 cm³/mol. The van der Waals surface area contributed by atoms with Gasteiger partial charge in [0, 0.05) is 24.8 Å². The topological polar surface area (TPSA) is 57.6 Å². The van der Waals surface area contributed by atoms with Crippen LogP contribution in [0.4, 0.5) is 5.82 Å². The molecule has 5 nitrogen and oxygen atoms in total. The Bertz CT molecular complexity index is 373. The minimum atomic E-state index is 0.00836. The van der Waals surface area contributed by atoms with Crippen molar-refractivity contribution in [3.05, 3.63) is 23.9 Å². The second-order valence-electron chi connectivity index (χ2n) is 4.37. The lowest BCUT2D eigenvalue weighted by molar-refractivity contribution is 0.0722. The molecule has 0 bridgehead atoms. The zero-order chi connectivity index (χ0) is 12.8. The van der Waals surface area contributed by atoms with Gasteiger partial charge in [0.25, 0.3) is 0 Å².